The van der Waals surface area contributed by atoms with Crippen molar-refractivity contribution in [2.24, 2.45) is 0 Å². The molecule has 1 atom stereocenters. The molecule has 0 saturated carbocycles. The van der Waals surface area contributed by atoms with E-state index in [1.807, 2.05) is 11.6 Å². The Hall–Kier alpha value is -0.870. The van der Waals surface area contributed by atoms with Gasteiger partial charge in [0.05, 0.1) is 11.4 Å². The number of nitrogens with zero attached hydrogens (tertiary/aromatic N) is 2. The highest BCUT2D eigenvalue weighted by molar-refractivity contribution is 5.08. The van der Waals surface area contributed by atoms with E-state index in [2.05, 4.69) is 30.3 Å². The van der Waals surface area contributed by atoms with Gasteiger partial charge in [0, 0.05) is 32.8 Å². The molecule has 16 heavy (non-hydrogen) atoms. The van der Waals surface area contributed by atoms with Gasteiger partial charge in [-0.2, -0.15) is 5.10 Å². The van der Waals surface area contributed by atoms with Crippen molar-refractivity contribution in [2.75, 3.05) is 13.7 Å². The van der Waals surface area contributed by atoms with Crippen LogP contribution in [0.15, 0.2) is 6.07 Å². The zero-order chi connectivity index (χ0) is 12.0. The first-order valence-corrected chi connectivity index (χ1v) is 5.93. The first-order valence-electron chi connectivity index (χ1n) is 5.93. The van der Waals surface area contributed by atoms with Gasteiger partial charge in [-0.3, -0.25) is 4.68 Å². The van der Waals surface area contributed by atoms with E-state index in [4.69, 9.17) is 4.74 Å². The highest BCUT2D eigenvalue weighted by Crippen LogP contribution is 2.04. The number of ether oxygens (including phenoxy) is 1. The average molecular weight is 225 g/mol. The van der Waals surface area contributed by atoms with Crippen molar-refractivity contribution in [3.8, 4) is 0 Å². The van der Waals surface area contributed by atoms with E-state index in [1.54, 1.807) is 7.11 Å². The zero-order valence-corrected chi connectivity index (χ0v) is 10.8. The van der Waals surface area contributed by atoms with E-state index < -0.39 is 0 Å². The Morgan fingerprint density at radius 2 is 2.31 bits per heavy atom. The molecule has 0 radical (unpaired) electrons. The van der Waals surface area contributed by atoms with Gasteiger partial charge in [0.15, 0.2) is 0 Å². The predicted molar refractivity (Wildman–Crippen MR) is 65.4 cm³/mol. The van der Waals surface area contributed by atoms with Crippen LogP contribution in [-0.2, 0) is 17.8 Å². The van der Waals surface area contributed by atoms with Crippen LogP contribution in [0.1, 0.15) is 31.7 Å². The van der Waals surface area contributed by atoms with Gasteiger partial charge in [-0.15, -0.1) is 0 Å². The highest BCUT2D eigenvalue weighted by atomic mass is 16.5. The topological polar surface area (TPSA) is 39.1 Å². The van der Waals surface area contributed by atoms with E-state index in [0.29, 0.717) is 6.04 Å². The summed E-state index contributed by atoms with van der Waals surface area (Å²) in [5, 5.41) is 7.90. The Morgan fingerprint density at radius 3 is 2.94 bits per heavy atom. The number of nitrogens with one attached hydrogen (secondary N) is 1. The van der Waals surface area contributed by atoms with Crippen LogP contribution in [0.3, 0.4) is 0 Å². The molecule has 0 aromatic carbocycles. The minimum absolute atomic E-state index is 0.473. The highest BCUT2D eigenvalue weighted by Gasteiger charge is 2.06. The Morgan fingerprint density at radius 1 is 1.56 bits per heavy atom. The van der Waals surface area contributed by atoms with Crippen LogP contribution in [0, 0.1) is 6.92 Å². The summed E-state index contributed by atoms with van der Waals surface area (Å²) in [7, 11) is 1.74. The smallest absolute Gasteiger partial charge is 0.0597 e. The van der Waals surface area contributed by atoms with E-state index in [1.165, 1.54) is 5.69 Å². The summed E-state index contributed by atoms with van der Waals surface area (Å²) in [6.45, 7) is 8.93. The molecular weight excluding hydrogens is 202 g/mol. The van der Waals surface area contributed by atoms with E-state index in [-0.39, 0.29) is 0 Å². The van der Waals surface area contributed by atoms with Gasteiger partial charge in [0.2, 0.25) is 0 Å². The maximum atomic E-state index is 5.06. The van der Waals surface area contributed by atoms with Crippen molar-refractivity contribution >= 4 is 0 Å². The third-order valence-corrected chi connectivity index (χ3v) is 2.67. The predicted octanol–water partition coefficient (Wildman–Crippen LogP) is 1.73. The minimum atomic E-state index is 0.473. The Labute approximate surface area is 98.0 Å². The number of aryl methyl sites for hydroxylation is 2. The second-order valence-corrected chi connectivity index (χ2v) is 4.16. The zero-order valence-electron chi connectivity index (χ0n) is 10.8. The van der Waals surface area contributed by atoms with E-state index in [0.717, 1.165) is 31.8 Å². The fourth-order valence-corrected chi connectivity index (χ4v) is 1.69. The van der Waals surface area contributed by atoms with Crippen molar-refractivity contribution in [3.05, 3.63) is 17.5 Å². The largest absolute Gasteiger partial charge is 0.385 e. The normalized spacial score (nSPS) is 13.0. The van der Waals surface area contributed by atoms with Gasteiger partial charge in [-0.05, 0) is 33.3 Å². The lowest BCUT2D eigenvalue weighted by Gasteiger charge is -2.13. The van der Waals surface area contributed by atoms with Gasteiger partial charge < -0.3 is 10.1 Å². The Kier molecular flexibility index (Phi) is 5.49. The summed E-state index contributed by atoms with van der Waals surface area (Å²) in [6.07, 6.45) is 1.04. The number of methoxy groups -OCH3 is 1. The minimum Gasteiger partial charge on any atom is -0.385 e. The molecule has 4 nitrogen and oxygen atoms in total. The second-order valence-electron chi connectivity index (χ2n) is 4.16. The van der Waals surface area contributed by atoms with Gasteiger partial charge in [0.1, 0.15) is 0 Å². The van der Waals surface area contributed by atoms with Crippen molar-refractivity contribution < 1.29 is 4.74 Å². The molecule has 1 aromatic heterocycles. The molecule has 1 N–H and O–H groups in total. The molecule has 0 aliphatic rings. The molecule has 0 saturated heterocycles. The summed E-state index contributed by atoms with van der Waals surface area (Å²) >= 11 is 0. The second kappa shape index (κ2) is 6.66. The molecule has 0 aliphatic carbocycles. The van der Waals surface area contributed by atoms with Crippen LogP contribution in [0.4, 0.5) is 0 Å². The van der Waals surface area contributed by atoms with Gasteiger partial charge >= 0.3 is 0 Å². The molecular formula is C12H23N3O. The molecule has 4 heteroatoms. The van der Waals surface area contributed by atoms with Gasteiger partial charge in [0.25, 0.3) is 0 Å². The maximum absolute atomic E-state index is 5.06. The van der Waals surface area contributed by atoms with Crippen LogP contribution in [0.25, 0.3) is 0 Å². The van der Waals surface area contributed by atoms with E-state index >= 15 is 0 Å². The Balaban J connectivity index is 2.41. The quantitative estimate of drug-likeness (QED) is 0.768. The Bertz CT molecular complexity index is 309. The number of hydrogen-bond donors (Lipinski definition) is 1. The lowest BCUT2D eigenvalue weighted by molar-refractivity contribution is 0.184. The summed E-state index contributed by atoms with van der Waals surface area (Å²) in [4.78, 5) is 0. The summed E-state index contributed by atoms with van der Waals surface area (Å²) in [5.74, 6) is 0. The van der Waals surface area contributed by atoms with Crippen molar-refractivity contribution in [2.45, 2.75) is 46.3 Å². The van der Waals surface area contributed by atoms with Crippen LogP contribution in [0.5, 0.6) is 0 Å². The molecule has 92 valence electrons. The molecule has 1 unspecified atom stereocenters. The van der Waals surface area contributed by atoms with Crippen LogP contribution >= 0.6 is 0 Å². The van der Waals surface area contributed by atoms with Crippen LogP contribution < -0.4 is 5.32 Å². The van der Waals surface area contributed by atoms with Crippen LogP contribution in [-0.4, -0.2) is 29.5 Å². The number of rotatable bonds is 7. The van der Waals surface area contributed by atoms with Gasteiger partial charge in [-0.1, -0.05) is 0 Å². The molecule has 1 aromatic rings. The summed E-state index contributed by atoms with van der Waals surface area (Å²) < 4.78 is 7.10. The van der Waals surface area contributed by atoms with Crippen LogP contribution in [0.2, 0.25) is 0 Å². The molecule has 0 amide bonds. The average Bonchev–Trinajstić information content (AvgIpc) is 2.64. The molecule has 0 bridgehead atoms. The molecule has 1 rings (SSSR count). The SMILES string of the molecule is CCn1nc(C)cc1CNC(C)CCOC. The lowest BCUT2D eigenvalue weighted by Crippen LogP contribution is -2.27. The van der Waals surface area contributed by atoms with E-state index in [9.17, 15) is 0 Å². The third kappa shape index (κ3) is 3.94. The summed E-state index contributed by atoms with van der Waals surface area (Å²) in [6, 6.07) is 2.61. The lowest BCUT2D eigenvalue weighted by atomic mass is 10.2. The van der Waals surface area contributed by atoms with Gasteiger partial charge in [-0.25, -0.2) is 0 Å². The molecule has 0 spiro atoms. The number of aromatic nitrogens is 2. The molecule has 0 fully saturated rings. The fourth-order valence-electron chi connectivity index (χ4n) is 1.69. The fraction of sp³-hybridized carbons (Fsp3) is 0.750. The first kappa shape index (κ1) is 13.2. The summed E-state index contributed by atoms with van der Waals surface area (Å²) in [5.41, 5.74) is 2.34. The third-order valence-electron chi connectivity index (χ3n) is 2.67. The first-order chi connectivity index (χ1) is 7.67. The monoisotopic (exact) mass is 225 g/mol. The maximum Gasteiger partial charge on any atom is 0.0597 e. The standard InChI is InChI=1S/C12H23N3O/c1-5-15-12(8-11(3)14-15)9-13-10(2)6-7-16-4/h8,10,13H,5-7,9H2,1-4H3. The number of hydrogen-bond acceptors (Lipinski definition) is 3. The molecule has 0 aliphatic heterocycles. The van der Waals surface area contributed by atoms with Crippen molar-refractivity contribution in [3.63, 3.8) is 0 Å². The molecule has 1 heterocycles. The van der Waals surface area contributed by atoms with Crippen molar-refractivity contribution in [1.82, 2.24) is 15.1 Å². The van der Waals surface area contributed by atoms with Crippen molar-refractivity contribution in [1.29, 1.82) is 0 Å².